The topological polar surface area (TPSA) is 21.3 Å². The average molecular weight is 312 g/mol. The molecule has 1 N–H and O–H groups in total. The van der Waals surface area contributed by atoms with Crippen molar-refractivity contribution in [3.63, 3.8) is 0 Å². The van der Waals surface area contributed by atoms with Crippen LogP contribution in [0, 0.1) is 12.8 Å². The van der Waals surface area contributed by atoms with Gasteiger partial charge in [0.05, 0.1) is 12.8 Å². The molecule has 1 fully saturated rings. The summed E-state index contributed by atoms with van der Waals surface area (Å²) >= 11 is 3.52. The molecule has 0 saturated heterocycles. The maximum absolute atomic E-state index is 5.49. The van der Waals surface area contributed by atoms with E-state index in [0.717, 1.165) is 21.8 Å². The number of methoxy groups -OCH3 is 1. The summed E-state index contributed by atoms with van der Waals surface area (Å²) < 4.78 is 6.56. The number of aryl methyl sites for hydroxylation is 1. The van der Waals surface area contributed by atoms with Crippen LogP contribution in [-0.2, 0) is 0 Å². The van der Waals surface area contributed by atoms with Crippen LogP contribution in [-0.4, -0.2) is 13.2 Å². The van der Waals surface area contributed by atoms with Crippen molar-refractivity contribution >= 4 is 21.6 Å². The van der Waals surface area contributed by atoms with E-state index in [4.69, 9.17) is 4.74 Å². The van der Waals surface area contributed by atoms with Crippen LogP contribution < -0.4 is 10.1 Å². The van der Waals surface area contributed by atoms with Crippen molar-refractivity contribution in [1.29, 1.82) is 0 Å². The molecule has 100 valence electrons. The number of nitrogens with one attached hydrogen (secondary N) is 1. The molecule has 2 atom stereocenters. The second-order valence-electron chi connectivity index (χ2n) is 5.31. The Morgan fingerprint density at radius 3 is 2.67 bits per heavy atom. The lowest BCUT2D eigenvalue weighted by molar-refractivity contribution is 0.347. The zero-order valence-electron chi connectivity index (χ0n) is 11.4. The molecular weight excluding hydrogens is 290 g/mol. The number of benzene rings is 1. The molecule has 1 saturated carbocycles. The second-order valence-corrected chi connectivity index (χ2v) is 6.23. The third-order valence-corrected chi connectivity index (χ3v) is 4.38. The highest BCUT2D eigenvalue weighted by atomic mass is 79.9. The fraction of sp³-hybridized carbons (Fsp3) is 0.600. The number of ether oxygens (including phenoxy) is 1. The summed E-state index contributed by atoms with van der Waals surface area (Å²) in [4.78, 5) is 0. The standard InChI is InChI=1S/C15H22BrNO/c1-10-6-4-5-7-13(10)17-15-11(2)8-12(16)9-14(15)18-3/h8-10,13,17H,4-7H2,1-3H3. The van der Waals surface area contributed by atoms with Crippen molar-refractivity contribution in [2.24, 2.45) is 5.92 Å². The van der Waals surface area contributed by atoms with Gasteiger partial charge in [0.1, 0.15) is 5.75 Å². The van der Waals surface area contributed by atoms with Crippen molar-refractivity contribution in [3.8, 4) is 5.75 Å². The highest BCUT2D eigenvalue weighted by Crippen LogP contribution is 2.35. The van der Waals surface area contributed by atoms with Gasteiger partial charge in [-0.15, -0.1) is 0 Å². The highest BCUT2D eigenvalue weighted by molar-refractivity contribution is 9.10. The third kappa shape index (κ3) is 3.00. The molecule has 2 rings (SSSR count). The normalized spacial score (nSPS) is 23.8. The molecule has 0 radical (unpaired) electrons. The van der Waals surface area contributed by atoms with Crippen molar-refractivity contribution in [3.05, 3.63) is 22.2 Å². The molecule has 1 aromatic rings. The van der Waals surface area contributed by atoms with E-state index in [0.29, 0.717) is 6.04 Å². The number of halogens is 1. The largest absolute Gasteiger partial charge is 0.495 e. The predicted octanol–water partition coefficient (Wildman–Crippen LogP) is 4.76. The van der Waals surface area contributed by atoms with Gasteiger partial charge in [-0.3, -0.25) is 0 Å². The van der Waals surface area contributed by atoms with Gasteiger partial charge in [-0.25, -0.2) is 0 Å². The van der Waals surface area contributed by atoms with Crippen LogP contribution in [0.2, 0.25) is 0 Å². The Kier molecular flexibility index (Phi) is 4.55. The summed E-state index contributed by atoms with van der Waals surface area (Å²) in [7, 11) is 1.73. The predicted molar refractivity (Wildman–Crippen MR) is 80.5 cm³/mol. The zero-order valence-corrected chi connectivity index (χ0v) is 13.0. The minimum atomic E-state index is 0.576. The minimum Gasteiger partial charge on any atom is -0.495 e. The van der Waals surface area contributed by atoms with Crippen LogP contribution >= 0.6 is 15.9 Å². The van der Waals surface area contributed by atoms with E-state index >= 15 is 0 Å². The molecular formula is C15H22BrNO. The second kappa shape index (κ2) is 5.96. The minimum absolute atomic E-state index is 0.576. The smallest absolute Gasteiger partial charge is 0.143 e. The van der Waals surface area contributed by atoms with Gasteiger partial charge in [-0.2, -0.15) is 0 Å². The van der Waals surface area contributed by atoms with E-state index < -0.39 is 0 Å². The van der Waals surface area contributed by atoms with Crippen LogP contribution in [0.1, 0.15) is 38.2 Å². The SMILES string of the molecule is COc1cc(Br)cc(C)c1NC1CCCCC1C. The van der Waals surface area contributed by atoms with Gasteiger partial charge < -0.3 is 10.1 Å². The van der Waals surface area contributed by atoms with Gasteiger partial charge in [0, 0.05) is 10.5 Å². The first-order valence-electron chi connectivity index (χ1n) is 6.72. The molecule has 18 heavy (non-hydrogen) atoms. The first-order chi connectivity index (χ1) is 8.61. The number of anilines is 1. The van der Waals surface area contributed by atoms with Crippen molar-refractivity contribution in [2.45, 2.75) is 45.6 Å². The van der Waals surface area contributed by atoms with E-state index in [9.17, 15) is 0 Å². The molecule has 1 aliphatic rings. The molecule has 0 spiro atoms. The number of rotatable bonds is 3. The first-order valence-corrected chi connectivity index (χ1v) is 7.51. The summed E-state index contributed by atoms with van der Waals surface area (Å²) in [5.74, 6) is 1.67. The summed E-state index contributed by atoms with van der Waals surface area (Å²) in [6.45, 7) is 4.47. The quantitative estimate of drug-likeness (QED) is 0.869. The molecule has 1 aromatic carbocycles. The maximum atomic E-state index is 5.49. The van der Waals surface area contributed by atoms with E-state index in [-0.39, 0.29) is 0 Å². The van der Waals surface area contributed by atoms with E-state index in [1.54, 1.807) is 7.11 Å². The summed E-state index contributed by atoms with van der Waals surface area (Å²) in [5.41, 5.74) is 2.39. The Balaban J connectivity index is 2.22. The molecule has 0 aliphatic heterocycles. The lowest BCUT2D eigenvalue weighted by Crippen LogP contribution is -2.30. The van der Waals surface area contributed by atoms with E-state index in [1.165, 1.54) is 31.2 Å². The third-order valence-electron chi connectivity index (χ3n) is 3.93. The molecule has 2 nitrogen and oxygen atoms in total. The number of hydrogen-bond acceptors (Lipinski definition) is 2. The molecule has 0 amide bonds. The maximum Gasteiger partial charge on any atom is 0.143 e. The molecule has 1 aliphatic carbocycles. The van der Waals surface area contributed by atoms with E-state index in [1.807, 2.05) is 6.07 Å². The van der Waals surface area contributed by atoms with Crippen LogP contribution in [0.3, 0.4) is 0 Å². The Bertz CT molecular complexity index is 419. The molecule has 0 aromatic heterocycles. The van der Waals surface area contributed by atoms with Gasteiger partial charge in [0.25, 0.3) is 0 Å². The van der Waals surface area contributed by atoms with Crippen LogP contribution in [0.5, 0.6) is 5.75 Å². The van der Waals surface area contributed by atoms with Gasteiger partial charge in [0.15, 0.2) is 0 Å². The van der Waals surface area contributed by atoms with Gasteiger partial charge in [-0.1, -0.05) is 35.7 Å². The van der Waals surface area contributed by atoms with Crippen LogP contribution in [0.4, 0.5) is 5.69 Å². The van der Waals surface area contributed by atoms with E-state index in [2.05, 4.69) is 41.2 Å². The summed E-state index contributed by atoms with van der Waals surface area (Å²) in [6, 6.07) is 4.74. The van der Waals surface area contributed by atoms with Crippen molar-refractivity contribution in [1.82, 2.24) is 0 Å². The van der Waals surface area contributed by atoms with Gasteiger partial charge in [-0.05, 0) is 43.4 Å². The lowest BCUT2D eigenvalue weighted by Gasteiger charge is -2.31. The van der Waals surface area contributed by atoms with Crippen LogP contribution in [0.15, 0.2) is 16.6 Å². The monoisotopic (exact) mass is 311 g/mol. The Morgan fingerprint density at radius 1 is 1.28 bits per heavy atom. The molecule has 0 heterocycles. The van der Waals surface area contributed by atoms with Crippen LogP contribution in [0.25, 0.3) is 0 Å². The highest BCUT2D eigenvalue weighted by Gasteiger charge is 2.22. The summed E-state index contributed by atoms with van der Waals surface area (Å²) in [6.07, 6.45) is 5.30. The lowest BCUT2D eigenvalue weighted by atomic mass is 9.85. The number of hydrogen-bond donors (Lipinski definition) is 1. The average Bonchev–Trinajstić information content (AvgIpc) is 2.34. The van der Waals surface area contributed by atoms with Crippen molar-refractivity contribution < 1.29 is 4.74 Å². The first kappa shape index (κ1) is 13.7. The fourth-order valence-electron chi connectivity index (χ4n) is 2.77. The van der Waals surface area contributed by atoms with Gasteiger partial charge in [0.2, 0.25) is 0 Å². The fourth-order valence-corrected chi connectivity index (χ4v) is 3.33. The Labute approximate surface area is 118 Å². The van der Waals surface area contributed by atoms with Gasteiger partial charge >= 0.3 is 0 Å². The molecule has 2 unspecified atom stereocenters. The summed E-state index contributed by atoms with van der Waals surface area (Å²) in [5, 5.41) is 3.70. The van der Waals surface area contributed by atoms with Crippen molar-refractivity contribution in [2.75, 3.05) is 12.4 Å². The molecule has 3 heteroatoms. The Hall–Kier alpha value is -0.700. The molecule has 0 bridgehead atoms. The zero-order chi connectivity index (χ0) is 13.1. The Morgan fingerprint density at radius 2 is 2.00 bits per heavy atom.